The van der Waals surface area contributed by atoms with E-state index in [0.717, 1.165) is 36.0 Å². The number of amides is 1. The van der Waals surface area contributed by atoms with Crippen LogP contribution in [0.2, 0.25) is 0 Å². The number of ketones is 1. The Kier molecular flexibility index (Phi) is 13.8. The quantitative estimate of drug-likeness (QED) is 0.142. The van der Waals surface area contributed by atoms with Gasteiger partial charge in [-0.25, -0.2) is 0 Å². The first-order valence-electron chi connectivity index (χ1n) is 15.6. The zero-order chi connectivity index (χ0) is 28.6. The highest BCUT2D eigenvalue weighted by Gasteiger charge is 2.42. The van der Waals surface area contributed by atoms with Gasteiger partial charge in [0.25, 0.3) is 5.91 Å². The van der Waals surface area contributed by atoms with Crippen LogP contribution in [0, 0.1) is 6.92 Å². The van der Waals surface area contributed by atoms with E-state index in [9.17, 15) is 14.7 Å². The molecule has 4 heteroatoms. The molecule has 40 heavy (non-hydrogen) atoms. The summed E-state index contributed by atoms with van der Waals surface area (Å²) in [5.41, 5.74) is 3.03. The van der Waals surface area contributed by atoms with Crippen molar-refractivity contribution in [2.75, 3.05) is 6.54 Å². The van der Waals surface area contributed by atoms with E-state index in [2.05, 4.69) is 6.92 Å². The van der Waals surface area contributed by atoms with Crippen LogP contribution in [0.5, 0.6) is 0 Å². The van der Waals surface area contributed by atoms with Gasteiger partial charge in [-0.1, -0.05) is 157 Å². The molecule has 1 aliphatic rings. The van der Waals surface area contributed by atoms with Crippen molar-refractivity contribution >= 4 is 17.8 Å². The van der Waals surface area contributed by atoms with Crippen molar-refractivity contribution in [3.8, 4) is 0 Å². The topological polar surface area (TPSA) is 57.6 Å². The van der Waals surface area contributed by atoms with Crippen LogP contribution in [-0.4, -0.2) is 28.2 Å². The largest absolute Gasteiger partial charge is 0.503 e. The van der Waals surface area contributed by atoms with E-state index in [1.54, 1.807) is 11.0 Å². The van der Waals surface area contributed by atoms with Crippen LogP contribution in [-0.2, 0) is 9.59 Å². The molecule has 0 aromatic heterocycles. The highest BCUT2D eigenvalue weighted by atomic mass is 16.3. The Hall–Kier alpha value is -3.14. The Morgan fingerprint density at radius 2 is 1.30 bits per heavy atom. The number of aliphatic hydroxyl groups is 1. The predicted molar refractivity (Wildman–Crippen MR) is 166 cm³/mol. The minimum Gasteiger partial charge on any atom is -0.503 e. The molecule has 0 fully saturated rings. The molecule has 2 aromatic carbocycles. The van der Waals surface area contributed by atoms with Gasteiger partial charge in [-0.05, 0) is 30.5 Å². The molecule has 0 aliphatic carbocycles. The maximum atomic E-state index is 13.3. The summed E-state index contributed by atoms with van der Waals surface area (Å²) in [7, 11) is 0. The van der Waals surface area contributed by atoms with Gasteiger partial charge in [-0.15, -0.1) is 0 Å². The third-order valence-corrected chi connectivity index (χ3v) is 7.94. The van der Waals surface area contributed by atoms with E-state index >= 15 is 0 Å². The van der Waals surface area contributed by atoms with E-state index in [-0.39, 0.29) is 11.4 Å². The first-order chi connectivity index (χ1) is 19.5. The van der Waals surface area contributed by atoms with Crippen molar-refractivity contribution in [1.29, 1.82) is 0 Å². The summed E-state index contributed by atoms with van der Waals surface area (Å²) in [6, 6.07) is 16.9. The zero-order valence-electron chi connectivity index (χ0n) is 24.7. The number of allylic oxidation sites excluding steroid dienone is 1. The summed E-state index contributed by atoms with van der Waals surface area (Å²) < 4.78 is 0. The fraction of sp³-hybridized carbons (Fsp3) is 0.500. The third kappa shape index (κ3) is 9.80. The van der Waals surface area contributed by atoms with Gasteiger partial charge >= 0.3 is 0 Å². The molecule has 1 heterocycles. The summed E-state index contributed by atoms with van der Waals surface area (Å²) in [4.78, 5) is 28.1. The van der Waals surface area contributed by atoms with Crippen molar-refractivity contribution in [1.82, 2.24) is 4.90 Å². The lowest BCUT2D eigenvalue weighted by atomic mass is 9.94. The van der Waals surface area contributed by atoms with Gasteiger partial charge in [-0.2, -0.15) is 0 Å². The van der Waals surface area contributed by atoms with Crippen molar-refractivity contribution < 1.29 is 14.7 Å². The molecule has 2 aromatic rings. The Morgan fingerprint density at radius 1 is 0.775 bits per heavy atom. The smallest absolute Gasteiger partial charge is 0.290 e. The molecule has 1 atom stereocenters. The highest BCUT2D eigenvalue weighted by Crippen LogP contribution is 2.38. The first-order valence-corrected chi connectivity index (χ1v) is 15.6. The van der Waals surface area contributed by atoms with Gasteiger partial charge in [0.1, 0.15) is 0 Å². The minimum atomic E-state index is -0.567. The van der Waals surface area contributed by atoms with E-state index in [1.165, 1.54) is 76.7 Å². The van der Waals surface area contributed by atoms with Crippen molar-refractivity contribution in [3.05, 3.63) is 88.7 Å². The number of unbranched alkanes of at least 4 members (excludes halogenated alkanes) is 13. The van der Waals surface area contributed by atoms with Crippen LogP contribution < -0.4 is 0 Å². The second-order valence-electron chi connectivity index (χ2n) is 11.3. The van der Waals surface area contributed by atoms with Crippen LogP contribution in [0.1, 0.15) is 120 Å². The average molecular weight is 544 g/mol. The molecular weight excluding hydrogens is 494 g/mol. The molecular formula is C36H49NO3. The molecule has 3 rings (SSSR count). The molecule has 1 N–H and O–H groups in total. The van der Waals surface area contributed by atoms with Crippen LogP contribution in [0.15, 0.2) is 72.0 Å². The standard InChI is InChI=1S/C36H49NO3/c1-3-4-5-6-7-8-9-10-11-12-13-14-15-19-28-37-34(31-25-22-29(2)23-26-31)33(35(39)36(37)40)32(38)27-24-30-20-17-16-18-21-30/h16-18,20-27,34,39H,3-15,19,28H2,1-2H3. The van der Waals surface area contributed by atoms with Gasteiger partial charge in [0.2, 0.25) is 0 Å². The normalized spacial score (nSPS) is 15.5. The van der Waals surface area contributed by atoms with Crippen molar-refractivity contribution in [2.45, 2.75) is 110 Å². The maximum Gasteiger partial charge on any atom is 0.290 e. The fourth-order valence-electron chi connectivity index (χ4n) is 5.53. The number of carbonyl (C=O) groups is 2. The van der Waals surface area contributed by atoms with Gasteiger partial charge in [0, 0.05) is 6.54 Å². The molecule has 216 valence electrons. The second kappa shape index (κ2) is 17.5. The number of aryl methyl sites for hydroxylation is 1. The van der Waals surface area contributed by atoms with Gasteiger partial charge < -0.3 is 10.0 Å². The predicted octanol–water partition coefficient (Wildman–Crippen LogP) is 9.45. The summed E-state index contributed by atoms with van der Waals surface area (Å²) in [6.07, 6.45) is 21.0. The van der Waals surface area contributed by atoms with Crippen molar-refractivity contribution in [3.63, 3.8) is 0 Å². The average Bonchev–Trinajstić information content (AvgIpc) is 3.22. The van der Waals surface area contributed by atoms with Gasteiger partial charge in [0.15, 0.2) is 11.5 Å². The fourth-order valence-corrected chi connectivity index (χ4v) is 5.53. The molecule has 1 amide bonds. The zero-order valence-corrected chi connectivity index (χ0v) is 24.7. The van der Waals surface area contributed by atoms with E-state index < -0.39 is 17.7 Å². The van der Waals surface area contributed by atoms with E-state index in [4.69, 9.17) is 0 Å². The molecule has 0 saturated heterocycles. The van der Waals surface area contributed by atoms with Crippen LogP contribution in [0.25, 0.3) is 6.08 Å². The maximum absolute atomic E-state index is 13.3. The SMILES string of the molecule is CCCCCCCCCCCCCCCCN1C(=O)C(O)=C(C(=O)C=Cc2ccccc2)C1c1ccc(C)cc1. The van der Waals surface area contributed by atoms with Crippen LogP contribution in [0.3, 0.4) is 0 Å². The number of hydrogen-bond donors (Lipinski definition) is 1. The van der Waals surface area contributed by atoms with Gasteiger partial charge in [0.05, 0.1) is 11.6 Å². The van der Waals surface area contributed by atoms with E-state index in [0.29, 0.717) is 6.54 Å². The second-order valence-corrected chi connectivity index (χ2v) is 11.3. The molecule has 0 radical (unpaired) electrons. The molecule has 1 unspecified atom stereocenters. The molecule has 0 spiro atoms. The summed E-state index contributed by atoms with van der Waals surface area (Å²) in [5.74, 6) is -1.20. The Balaban J connectivity index is 1.49. The Bertz CT molecular complexity index is 1100. The minimum absolute atomic E-state index is 0.173. The lowest BCUT2D eigenvalue weighted by Gasteiger charge is -2.26. The van der Waals surface area contributed by atoms with Gasteiger partial charge in [-0.3, -0.25) is 9.59 Å². The third-order valence-electron chi connectivity index (χ3n) is 7.94. The van der Waals surface area contributed by atoms with Crippen LogP contribution in [0.4, 0.5) is 0 Å². The van der Waals surface area contributed by atoms with E-state index in [1.807, 2.05) is 61.5 Å². The highest BCUT2D eigenvalue weighted by molar-refractivity contribution is 6.14. The summed E-state index contributed by atoms with van der Waals surface area (Å²) in [6.45, 7) is 4.80. The number of rotatable bonds is 19. The first kappa shape index (κ1) is 31.4. The molecule has 0 bridgehead atoms. The number of nitrogens with zero attached hydrogens (tertiary/aromatic N) is 1. The number of hydrogen-bond acceptors (Lipinski definition) is 3. The summed E-state index contributed by atoms with van der Waals surface area (Å²) >= 11 is 0. The number of aliphatic hydroxyl groups excluding tert-OH is 1. The lowest BCUT2D eigenvalue weighted by Crippen LogP contribution is -2.32. The number of carbonyl (C=O) groups excluding carboxylic acids is 2. The summed E-state index contributed by atoms with van der Waals surface area (Å²) in [5, 5.41) is 10.8. The molecule has 4 nitrogen and oxygen atoms in total. The molecule has 1 aliphatic heterocycles. The van der Waals surface area contributed by atoms with Crippen molar-refractivity contribution in [2.24, 2.45) is 0 Å². The Labute approximate surface area is 242 Å². The molecule has 0 saturated carbocycles. The Morgan fingerprint density at radius 3 is 1.85 bits per heavy atom. The lowest BCUT2D eigenvalue weighted by molar-refractivity contribution is -0.129. The monoisotopic (exact) mass is 543 g/mol. The number of benzene rings is 2. The van der Waals surface area contributed by atoms with Crippen LogP contribution >= 0.6 is 0 Å².